The lowest BCUT2D eigenvalue weighted by atomic mass is 9.90. The third-order valence-electron chi connectivity index (χ3n) is 3.32. The second-order valence-electron chi connectivity index (χ2n) is 5.15. The normalized spacial score (nSPS) is 12.8. The fourth-order valence-electron chi connectivity index (χ4n) is 2.29. The minimum atomic E-state index is -3.98. The second-order valence-corrected chi connectivity index (χ2v) is 10.6. The van der Waals surface area contributed by atoms with Crippen molar-refractivity contribution in [1.82, 2.24) is 0 Å². The first-order valence-electron chi connectivity index (χ1n) is 7.24. The molecule has 0 atom stereocenters. The van der Waals surface area contributed by atoms with Gasteiger partial charge in [-0.3, -0.25) is 4.57 Å². The van der Waals surface area contributed by atoms with Crippen LogP contribution in [-0.2, 0) is 4.57 Å². The van der Waals surface area contributed by atoms with E-state index < -0.39 is 16.0 Å². The van der Waals surface area contributed by atoms with Crippen molar-refractivity contribution in [3.05, 3.63) is 0 Å². The topological polar surface area (TPSA) is 57.5 Å². The highest BCUT2D eigenvalue weighted by atomic mass is 35.6. The van der Waals surface area contributed by atoms with Gasteiger partial charge in [0, 0.05) is 0 Å². The summed E-state index contributed by atoms with van der Waals surface area (Å²) in [5, 5.41) is -0.742. The van der Waals surface area contributed by atoms with Gasteiger partial charge in [-0.25, -0.2) is 0 Å². The first-order valence-corrected chi connectivity index (χ1v) is 10.4. The Kier molecular flexibility index (Phi) is 13.8. The quantitative estimate of drug-likeness (QED) is 0.335. The number of hydrogen-bond donors (Lipinski definition) is 2. The lowest BCUT2D eigenvalue weighted by Gasteiger charge is -2.34. The molecule has 0 unspecified atom stereocenters. The molecule has 0 aliphatic rings. The summed E-state index contributed by atoms with van der Waals surface area (Å²) < 4.78 is 10.1. The molecule has 0 heterocycles. The minimum Gasteiger partial charge on any atom is -0.324 e. The molecule has 0 aromatic rings. The van der Waals surface area contributed by atoms with E-state index in [0.29, 0.717) is 19.3 Å². The Balaban J connectivity index is 0. The number of hydrogen-bond acceptors (Lipinski definition) is 1. The van der Waals surface area contributed by atoms with Crippen LogP contribution < -0.4 is 0 Å². The molecule has 0 saturated heterocycles. The van der Waals surface area contributed by atoms with Gasteiger partial charge in [0.05, 0.1) is 5.16 Å². The van der Waals surface area contributed by atoms with Gasteiger partial charge in [0.25, 0.3) is 3.25 Å². The van der Waals surface area contributed by atoms with E-state index in [2.05, 4.69) is 13.8 Å². The van der Waals surface area contributed by atoms with Crippen molar-refractivity contribution in [2.45, 2.75) is 80.5 Å². The molecule has 0 bridgehead atoms. The molecule has 0 fully saturated rings. The maximum absolute atomic E-state index is 11.7. The summed E-state index contributed by atoms with van der Waals surface area (Å²) in [6.45, 7) is 6.13. The zero-order chi connectivity index (χ0) is 17.2. The summed E-state index contributed by atoms with van der Waals surface area (Å²) in [6.07, 6.45) is 6.65. The van der Waals surface area contributed by atoms with Crippen molar-refractivity contribution >= 4 is 54.0 Å². The van der Waals surface area contributed by atoms with Crippen LogP contribution in [0.25, 0.3) is 0 Å². The predicted molar refractivity (Wildman–Crippen MR) is 94.9 cm³/mol. The Morgan fingerprint density at radius 3 is 1.33 bits per heavy atom. The summed E-state index contributed by atoms with van der Waals surface area (Å²) >= 11 is 19.3. The van der Waals surface area contributed by atoms with Crippen LogP contribution in [-0.4, -0.2) is 18.2 Å². The predicted octanol–water partition coefficient (Wildman–Crippen LogP) is 6.64. The van der Waals surface area contributed by atoms with E-state index in [1.807, 2.05) is 6.92 Å². The maximum Gasteiger partial charge on any atom is 0.331 e. The molecule has 0 aliphatic heterocycles. The van der Waals surface area contributed by atoms with Gasteiger partial charge in [-0.1, -0.05) is 99.3 Å². The smallest absolute Gasteiger partial charge is 0.324 e. The lowest BCUT2D eigenvalue weighted by Crippen LogP contribution is -2.29. The molecule has 0 aromatic heterocycles. The van der Waals surface area contributed by atoms with Gasteiger partial charge < -0.3 is 9.79 Å². The molecule has 0 aromatic carbocycles. The monoisotopic (exact) mass is 402 g/mol. The third-order valence-corrected chi connectivity index (χ3v) is 5.23. The van der Waals surface area contributed by atoms with Crippen LogP contribution in [0.1, 0.15) is 72.1 Å². The molecule has 0 rings (SSSR count). The van der Waals surface area contributed by atoms with Crippen molar-refractivity contribution in [2.24, 2.45) is 0 Å². The van der Waals surface area contributed by atoms with Crippen LogP contribution in [0.2, 0.25) is 0 Å². The molecular weight excluding hydrogens is 377 g/mol. The SMILES string of the molecule is CCCCC(CCC)(CCCC)P(=O)(O)O.ClC(Cl)(Cl)Cl. The van der Waals surface area contributed by atoms with Crippen LogP contribution in [0.4, 0.5) is 0 Å². The third kappa shape index (κ3) is 13.4. The highest BCUT2D eigenvalue weighted by molar-refractivity contribution is 7.53. The lowest BCUT2D eigenvalue weighted by molar-refractivity contribution is 0.287. The highest BCUT2D eigenvalue weighted by Gasteiger charge is 2.44. The highest BCUT2D eigenvalue weighted by Crippen LogP contribution is 2.58. The molecule has 3 nitrogen and oxygen atoms in total. The van der Waals surface area contributed by atoms with E-state index in [0.717, 1.165) is 32.1 Å². The van der Waals surface area contributed by atoms with Crippen LogP contribution in [0, 0.1) is 0 Å². The van der Waals surface area contributed by atoms with E-state index in [4.69, 9.17) is 46.4 Å². The van der Waals surface area contributed by atoms with E-state index >= 15 is 0 Å². The van der Waals surface area contributed by atoms with Crippen molar-refractivity contribution in [2.75, 3.05) is 0 Å². The zero-order valence-corrected chi connectivity index (χ0v) is 16.8. The Morgan fingerprint density at radius 1 is 0.810 bits per heavy atom. The van der Waals surface area contributed by atoms with Gasteiger partial charge in [-0.2, -0.15) is 0 Å². The molecule has 21 heavy (non-hydrogen) atoms. The molecule has 2 N–H and O–H groups in total. The largest absolute Gasteiger partial charge is 0.331 e. The maximum atomic E-state index is 11.7. The van der Waals surface area contributed by atoms with Crippen LogP contribution in [0.5, 0.6) is 0 Å². The first kappa shape index (κ1) is 24.6. The fraction of sp³-hybridized carbons (Fsp3) is 1.00. The summed E-state index contributed by atoms with van der Waals surface area (Å²) in [5.41, 5.74) is 0. The van der Waals surface area contributed by atoms with Gasteiger partial charge >= 0.3 is 7.60 Å². The van der Waals surface area contributed by atoms with Gasteiger partial charge in [0.15, 0.2) is 0 Å². The van der Waals surface area contributed by atoms with Gasteiger partial charge in [0.1, 0.15) is 0 Å². The van der Waals surface area contributed by atoms with Gasteiger partial charge in [0.2, 0.25) is 0 Å². The minimum absolute atomic E-state index is 0.650. The molecule has 0 aliphatic carbocycles. The fourth-order valence-corrected chi connectivity index (χ4v) is 3.70. The molecule has 0 radical (unpaired) electrons. The molecule has 0 spiro atoms. The molecule has 8 heteroatoms. The van der Waals surface area contributed by atoms with Crippen molar-refractivity contribution < 1.29 is 14.4 Å². The average Bonchev–Trinajstić information content (AvgIpc) is 2.29. The summed E-state index contributed by atoms with van der Waals surface area (Å²) in [4.78, 5) is 19.2. The standard InChI is InChI=1S/C12H27O3P.CCl4/c1-4-7-10-12(9-6-3,11-8-5-2)16(13,14)15;2-1(3,4)5/h4-11H2,1-3H3,(H2,13,14,15);. The van der Waals surface area contributed by atoms with E-state index in [-0.39, 0.29) is 0 Å². The van der Waals surface area contributed by atoms with Crippen LogP contribution >= 0.6 is 54.0 Å². The molecular formula is C13H27Cl4O3P. The Bertz CT molecular complexity index is 288. The second kappa shape index (κ2) is 11.8. The number of unbranched alkanes of at least 4 members (excludes halogenated alkanes) is 2. The van der Waals surface area contributed by atoms with Gasteiger partial charge in [-0.05, 0) is 19.3 Å². The number of halogens is 4. The summed E-state index contributed by atoms with van der Waals surface area (Å²) in [5.74, 6) is 0. The molecule has 0 amide bonds. The van der Waals surface area contributed by atoms with Crippen LogP contribution in [0.15, 0.2) is 0 Å². The van der Waals surface area contributed by atoms with E-state index in [1.165, 1.54) is 0 Å². The Hall–Kier alpha value is 1.31. The van der Waals surface area contributed by atoms with Gasteiger partial charge in [-0.15, -0.1) is 0 Å². The van der Waals surface area contributed by atoms with Crippen molar-refractivity contribution in [3.8, 4) is 0 Å². The average molecular weight is 404 g/mol. The van der Waals surface area contributed by atoms with E-state index in [1.54, 1.807) is 0 Å². The number of rotatable bonds is 9. The van der Waals surface area contributed by atoms with Crippen molar-refractivity contribution in [1.29, 1.82) is 0 Å². The number of alkyl halides is 4. The zero-order valence-electron chi connectivity index (χ0n) is 12.9. The first-order chi connectivity index (χ1) is 9.43. The Morgan fingerprint density at radius 2 is 1.14 bits per heavy atom. The molecule has 130 valence electrons. The molecule has 0 saturated carbocycles. The van der Waals surface area contributed by atoms with Crippen molar-refractivity contribution in [3.63, 3.8) is 0 Å². The van der Waals surface area contributed by atoms with Crippen LogP contribution in [0.3, 0.4) is 0 Å². The summed E-state index contributed by atoms with van der Waals surface area (Å²) in [7, 11) is -3.98. The Labute approximate surface area is 148 Å². The van der Waals surface area contributed by atoms with E-state index in [9.17, 15) is 14.4 Å². The summed E-state index contributed by atoms with van der Waals surface area (Å²) in [6, 6.07) is 0.